The lowest BCUT2D eigenvalue weighted by atomic mass is 10.1. The summed E-state index contributed by atoms with van der Waals surface area (Å²) in [7, 11) is 0. The lowest BCUT2D eigenvalue weighted by molar-refractivity contribution is -0.129. The van der Waals surface area contributed by atoms with Crippen LogP contribution in [0.15, 0.2) is 18.2 Å². The van der Waals surface area contributed by atoms with Crippen molar-refractivity contribution in [1.29, 1.82) is 0 Å². The second-order valence-corrected chi connectivity index (χ2v) is 6.70. The molecule has 4 nitrogen and oxygen atoms in total. The van der Waals surface area contributed by atoms with Gasteiger partial charge in [0.1, 0.15) is 5.82 Å². The summed E-state index contributed by atoms with van der Waals surface area (Å²) in [6, 6.07) is 5.19. The molecule has 0 bridgehead atoms. The Balaban J connectivity index is 1.55. The maximum Gasteiger partial charge on any atom is 0.254 e. The van der Waals surface area contributed by atoms with Crippen molar-refractivity contribution in [3.63, 3.8) is 0 Å². The van der Waals surface area contributed by atoms with Crippen molar-refractivity contribution in [2.45, 2.75) is 45.1 Å². The number of benzene rings is 1. The molecule has 1 saturated carbocycles. The molecule has 1 aromatic carbocycles. The Morgan fingerprint density at radius 1 is 1.35 bits per heavy atom. The molecule has 0 radical (unpaired) electrons. The average Bonchev–Trinajstić information content (AvgIpc) is 3.17. The molecule has 0 unspecified atom stereocenters. The normalized spacial score (nSPS) is 21.9. The first-order valence-electron chi connectivity index (χ1n) is 8.39. The topological polar surface area (TPSA) is 49.4 Å². The maximum absolute atomic E-state index is 14.0. The highest BCUT2D eigenvalue weighted by atomic mass is 19.1. The Morgan fingerprint density at radius 3 is 2.83 bits per heavy atom. The molecule has 1 aromatic rings. The molecule has 2 aliphatic rings. The summed E-state index contributed by atoms with van der Waals surface area (Å²) in [6.07, 6.45) is 5.07. The standard InChI is InChI=1S/C18H23FN2O2/c1-12-5-4-8-15(17(12)19)18(23)20-10-13-9-16(22)21(11-13)14-6-2-3-7-14/h4-5,8,13-14H,2-3,6-7,9-11H2,1H3,(H,20,23)/t13-/m0/s1. The molecule has 0 aromatic heterocycles. The van der Waals surface area contributed by atoms with Crippen molar-refractivity contribution in [3.8, 4) is 0 Å². The molecule has 1 N–H and O–H groups in total. The molecule has 1 saturated heterocycles. The zero-order chi connectivity index (χ0) is 16.4. The Kier molecular flexibility index (Phi) is 4.64. The molecule has 124 valence electrons. The molecule has 1 heterocycles. The summed E-state index contributed by atoms with van der Waals surface area (Å²) < 4.78 is 14.0. The van der Waals surface area contributed by atoms with Gasteiger partial charge in [0.25, 0.3) is 5.91 Å². The lowest BCUT2D eigenvalue weighted by Gasteiger charge is -2.24. The highest BCUT2D eigenvalue weighted by Gasteiger charge is 2.35. The largest absolute Gasteiger partial charge is 0.352 e. The molecule has 23 heavy (non-hydrogen) atoms. The number of hydrogen-bond donors (Lipinski definition) is 1. The summed E-state index contributed by atoms with van der Waals surface area (Å²) in [5.74, 6) is -0.559. The van der Waals surface area contributed by atoms with Gasteiger partial charge in [0.15, 0.2) is 0 Å². The lowest BCUT2D eigenvalue weighted by Crippen LogP contribution is -2.36. The molecular weight excluding hydrogens is 295 g/mol. The van der Waals surface area contributed by atoms with Crippen LogP contribution in [0.3, 0.4) is 0 Å². The Bertz CT molecular complexity index is 611. The summed E-state index contributed by atoms with van der Waals surface area (Å²) in [4.78, 5) is 26.3. The van der Waals surface area contributed by atoms with E-state index in [0.717, 1.165) is 12.8 Å². The van der Waals surface area contributed by atoms with Gasteiger partial charge in [0.05, 0.1) is 5.56 Å². The van der Waals surface area contributed by atoms with Crippen molar-refractivity contribution in [3.05, 3.63) is 35.1 Å². The van der Waals surface area contributed by atoms with Gasteiger partial charge in [0, 0.05) is 31.5 Å². The number of halogens is 1. The van der Waals surface area contributed by atoms with Crippen LogP contribution in [0.2, 0.25) is 0 Å². The first-order valence-corrected chi connectivity index (χ1v) is 8.39. The van der Waals surface area contributed by atoms with Gasteiger partial charge in [-0.25, -0.2) is 4.39 Å². The third kappa shape index (κ3) is 3.38. The van der Waals surface area contributed by atoms with Gasteiger partial charge >= 0.3 is 0 Å². The first kappa shape index (κ1) is 16.0. The van der Waals surface area contributed by atoms with Crippen molar-refractivity contribution < 1.29 is 14.0 Å². The number of nitrogens with zero attached hydrogens (tertiary/aromatic N) is 1. The van der Waals surface area contributed by atoms with Gasteiger partial charge < -0.3 is 10.2 Å². The fourth-order valence-corrected chi connectivity index (χ4v) is 3.67. The van der Waals surface area contributed by atoms with E-state index < -0.39 is 11.7 Å². The van der Waals surface area contributed by atoms with Gasteiger partial charge in [-0.05, 0) is 31.4 Å². The minimum absolute atomic E-state index is 0.0713. The number of likely N-dealkylation sites (tertiary alicyclic amines) is 1. The predicted molar refractivity (Wildman–Crippen MR) is 85.5 cm³/mol. The van der Waals surface area contributed by atoms with E-state index in [-0.39, 0.29) is 17.4 Å². The quantitative estimate of drug-likeness (QED) is 0.928. The molecule has 1 aliphatic carbocycles. The van der Waals surface area contributed by atoms with Crippen molar-refractivity contribution in [2.75, 3.05) is 13.1 Å². The number of hydrogen-bond acceptors (Lipinski definition) is 2. The number of carbonyl (C=O) groups excluding carboxylic acids is 2. The monoisotopic (exact) mass is 318 g/mol. The van der Waals surface area contributed by atoms with Gasteiger partial charge in [-0.1, -0.05) is 25.0 Å². The van der Waals surface area contributed by atoms with Crippen LogP contribution >= 0.6 is 0 Å². The molecule has 2 amide bonds. The van der Waals surface area contributed by atoms with Crippen molar-refractivity contribution >= 4 is 11.8 Å². The van der Waals surface area contributed by atoms with Crippen LogP contribution in [0.25, 0.3) is 0 Å². The van der Waals surface area contributed by atoms with E-state index in [2.05, 4.69) is 5.32 Å². The van der Waals surface area contributed by atoms with Gasteiger partial charge in [-0.15, -0.1) is 0 Å². The molecule has 0 spiro atoms. The highest BCUT2D eigenvalue weighted by molar-refractivity contribution is 5.94. The van der Waals surface area contributed by atoms with E-state index in [4.69, 9.17) is 0 Å². The zero-order valence-corrected chi connectivity index (χ0v) is 13.5. The smallest absolute Gasteiger partial charge is 0.254 e. The van der Waals surface area contributed by atoms with Crippen LogP contribution in [0.4, 0.5) is 4.39 Å². The van der Waals surface area contributed by atoms with E-state index in [1.54, 1.807) is 19.1 Å². The van der Waals surface area contributed by atoms with Crippen molar-refractivity contribution in [1.82, 2.24) is 10.2 Å². The Labute approximate surface area is 136 Å². The van der Waals surface area contributed by atoms with Crippen LogP contribution in [-0.2, 0) is 4.79 Å². The molecule has 1 atom stereocenters. The maximum atomic E-state index is 14.0. The summed E-state index contributed by atoms with van der Waals surface area (Å²) in [5.41, 5.74) is 0.531. The molecule has 1 aliphatic heterocycles. The van der Waals surface area contributed by atoms with E-state index in [1.165, 1.54) is 18.9 Å². The van der Waals surface area contributed by atoms with Crippen LogP contribution in [-0.4, -0.2) is 35.8 Å². The second kappa shape index (κ2) is 6.69. The van der Waals surface area contributed by atoms with Crippen LogP contribution in [0.1, 0.15) is 48.0 Å². The predicted octanol–water partition coefficient (Wildman–Crippen LogP) is 2.66. The highest BCUT2D eigenvalue weighted by Crippen LogP contribution is 2.29. The van der Waals surface area contributed by atoms with Crippen LogP contribution in [0.5, 0.6) is 0 Å². The Hall–Kier alpha value is -1.91. The fraction of sp³-hybridized carbons (Fsp3) is 0.556. The van der Waals surface area contributed by atoms with E-state index >= 15 is 0 Å². The summed E-state index contributed by atoms with van der Waals surface area (Å²) in [6.45, 7) is 2.77. The number of aryl methyl sites for hydroxylation is 1. The number of amides is 2. The van der Waals surface area contributed by atoms with Crippen LogP contribution in [0, 0.1) is 18.7 Å². The molecular formula is C18H23FN2O2. The first-order chi connectivity index (χ1) is 11.1. The number of nitrogens with one attached hydrogen (secondary N) is 1. The van der Waals surface area contributed by atoms with Gasteiger partial charge in [0.2, 0.25) is 5.91 Å². The second-order valence-electron chi connectivity index (χ2n) is 6.70. The van der Waals surface area contributed by atoms with E-state index in [1.807, 2.05) is 4.90 Å². The minimum Gasteiger partial charge on any atom is -0.352 e. The van der Waals surface area contributed by atoms with E-state index in [0.29, 0.717) is 31.1 Å². The van der Waals surface area contributed by atoms with Gasteiger partial charge in [-0.3, -0.25) is 9.59 Å². The molecule has 5 heteroatoms. The third-order valence-electron chi connectivity index (χ3n) is 4.99. The third-order valence-corrected chi connectivity index (χ3v) is 4.99. The SMILES string of the molecule is Cc1cccc(C(=O)NC[C@@H]2CC(=O)N(C3CCCC3)C2)c1F. The van der Waals surface area contributed by atoms with E-state index in [9.17, 15) is 14.0 Å². The van der Waals surface area contributed by atoms with Crippen molar-refractivity contribution in [2.24, 2.45) is 5.92 Å². The average molecular weight is 318 g/mol. The van der Waals surface area contributed by atoms with Gasteiger partial charge in [-0.2, -0.15) is 0 Å². The zero-order valence-electron chi connectivity index (χ0n) is 13.5. The fourth-order valence-electron chi connectivity index (χ4n) is 3.67. The minimum atomic E-state index is -0.472. The number of carbonyl (C=O) groups is 2. The molecule has 2 fully saturated rings. The van der Waals surface area contributed by atoms with Crippen LogP contribution < -0.4 is 5.32 Å². The molecule has 3 rings (SSSR count). The number of rotatable bonds is 4. The summed E-state index contributed by atoms with van der Waals surface area (Å²) in [5, 5.41) is 2.78. The summed E-state index contributed by atoms with van der Waals surface area (Å²) >= 11 is 0. The Morgan fingerprint density at radius 2 is 2.09 bits per heavy atom.